The first-order valence-electron chi connectivity index (χ1n) is 9.05. The van der Waals surface area contributed by atoms with E-state index in [2.05, 4.69) is 20.5 Å². The number of hydrogen-bond acceptors (Lipinski definition) is 9. The number of carbonyl (C=O) groups is 1. The molecular formula is C19H20N4O4S2. The average molecular weight is 433 g/mol. The third-order valence-electron chi connectivity index (χ3n) is 4.50. The van der Waals surface area contributed by atoms with Gasteiger partial charge in [0.1, 0.15) is 21.0 Å². The average Bonchev–Trinajstić information content (AvgIpc) is 3.48. The van der Waals surface area contributed by atoms with Crippen molar-refractivity contribution >= 4 is 33.7 Å². The monoisotopic (exact) mass is 432 g/mol. The van der Waals surface area contributed by atoms with Gasteiger partial charge in [0.05, 0.1) is 19.9 Å². The second-order valence-corrected chi connectivity index (χ2v) is 8.41. The summed E-state index contributed by atoms with van der Waals surface area (Å²) in [5, 5.41) is 13.0. The second kappa shape index (κ2) is 8.44. The van der Waals surface area contributed by atoms with Crippen LogP contribution in [0.5, 0.6) is 11.5 Å². The van der Waals surface area contributed by atoms with Crippen LogP contribution in [0, 0.1) is 6.92 Å². The van der Waals surface area contributed by atoms with Gasteiger partial charge < -0.3 is 14.2 Å². The smallest absolute Gasteiger partial charge is 0.269 e. The molecule has 8 nitrogen and oxygen atoms in total. The van der Waals surface area contributed by atoms with E-state index in [0.717, 1.165) is 35.0 Å². The second-order valence-electron chi connectivity index (χ2n) is 6.40. The number of nitrogens with zero attached hydrogens (tertiary/aromatic N) is 3. The maximum absolute atomic E-state index is 12.8. The van der Waals surface area contributed by atoms with Crippen molar-refractivity contribution in [2.24, 2.45) is 0 Å². The van der Waals surface area contributed by atoms with Gasteiger partial charge in [0.25, 0.3) is 5.91 Å². The van der Waals surface area contributed by atoms with Gasteiger partial charge >= 0.3 is 0 Å². The lowest BCUT2D eigenvalue weighted by atomic mass is 10.2. The molecule has 1 saturated heterocycles. The summed E-state index contributed by atoms with van der Waals surface area (Å²) in [5.41, 5.74) is 1.51. The van der Waals surface area contributed by atoms with Crippen molar-refractivity contribution in [2.75, 3.05) is 26.1 Å². The van der Waals surface area contributed by atoms with Gasteiger partial charge in [-0.3, -0.25) is 10.1 Å². The van der Waals surface area contributed by atoms with Crippen LogP contribution in [-0.4, -0.2) is 41.9 Å². The maximum Gasteiger partial charge on any atom is 0.269 e. The molecule has 3 aromatic rings. The number of hydrogen-bond donors (Lipinski definition) is 1. The molecule has 0 unspecified atom stereocenters. The fourth-order valence-corrected chi connectivity index (χ4v) is 4.82. The minimum absolute atomic E-state index is 0.0139. The van der Waals surface area contributed by atoms with E-state index in [1.807, 2.05) is 25.1 Å². The summed E-state index contributed by atoms with van der Waals surface area (Å²) in [7, 11) is 3.17. The van der Waals surface area contributed by atoms with E-state index in [0.29, 0.717) is 27.2 Å². The molecule has 0 radical (unpaired) electrons. The summed E-state index contributed by atoms with van der Waals surface area (Å²) in [5.74, 6) is 1.00. The quantitative estimate of drug-likeness (QED) is 0.627. The standard InChI is InChI=1S/C19H20N4O4S2/c1-10-15(16(24)21-19-23-22-18(29-19)13-5-4-8-27-13)28-17(20-10)11-6-7-12(25-2)14(9-11)26-3/h6-7,9,13H,4-5,8H2,1-3H3,(H,21,23,24)/t13-/m1/s1. The van der Waals surface area contributed by atoms with Crippen LogP contribution < -0.4 is 14.8 Å². The number of carbonyl (C=O) groups excluding carboxylic acids is 1. The summed E-state index contributed by atoms with van der Waals surface area (Å²) in [6.45, 7) is 2.55. The highest BCUT2D eigenvalue weighted by atomic mass is 32.1. The lowest BCUT2D eigenvalue weighted by Gasteiger charge is -2.08. The molecule has 2 aromatic heterocycles. The minimum Gasteiger partial charge on any atom is -0.493 e. The maximum atomic E-state index is 12.8. The van der Waals surface area contributed by atoms with Gasteiger partial charge in [-0.15, -0.1) is 21.5 Å². The Bertz CT molecular complexity index is 1030. The zero-order valence-corrected chi connectivity index (χ0v) is 17.9. The zero-order valence-electron chi connectivity index (χ0n) is 16.2. The largest absolute Gasteiger partial charge is 0.493 e. The first-order valence-corrected chi connectivity index (χ1v) is 10.7. The molecule has 0 bridgehead atoms. The molecule has 1 fully saturated rings. The van der Waals surface area contributed by atoms with Crippen molar-refractivity contribution in [3.05, 3.63) is 33.8 Å². The Labute approximate surface area is 175 Å². The molecule has 1 atom stereocenters. The number of ether oxygens (including phenoxy) is 3. The first-order chi connectivity index (χ1) is 14.1. The van der Waals surface area contributed by atoms with Gasteiger partial charge in [-0.2, -0.15) is 0 Å². The zero-order chi connectivity index (χ0) is 20.4. The summed E-state index contributed by atoms with van der Waals surface area (Å²) < 4.78 is 16.2. The molecule has 29 heavy (non-hydrogen) atoms. The van der Waals surface area contributed by atoms with Gasteiger partial charge in [0.15, 0.2) is 11.5 Å². The molecule has 1 aliphatic rings. The predicted octanol–water partition coefficient (Wildman–Crippen LogP) is 4.09. The molecule has 1 N–H and O–H groups in total. The third kappa shape index (κ3) is 4.09. The predicted molar refractivity (Wildman–Crippen MR) is 111 cm³/mol. The summed E-state index contributed by atoms with van der Waals surface area (Å²) in [6.07, 6.45) is 1.94. The molecule has 10 heteroatoms. The van der Waals surface area contributed by atoms with Crippen molar-refractivity contribution < 1.29 is 19.0 Å². The molecule has 1 aliphatic heterocycles. The van der Waals surface area contributed by atoms with Crippen LogP contribution in [0.25, 0.3) is 10.6 Å². The van der Waals surface area contributed by atoms with Crippen molar-refractivity contribution in [2.45, 2.75) is 25.9 Å². The summed E-state index contributed by atoms with van der Waals surface area (Å²) in [4.78, 5) is 17.8. The highest BCUT2D eigenvalue weighted by molar-refractivity contribution is 7.17. The van der Waals surface area contributed by atoms with Crippen LogP contribution in [0.2, 0.25) is 0 Å². The number of amides is 1. The lowest BCUT2D eigenvalue weighted by molar-refractivity contribution is 0.102. The fraction of sp³-hybridized carbons (Fsp3) is 0.368. The van der Waals surface area contributed by atoms with Crippen molar-refractivity contribution in [1.82, 2.24) is 15.2 Å². The molecule has 0 spiro atoms. The Balaban J connectivity index is 1.52. The number of thiazole rings is 1. The molecule has 0 aliphatic carbocycles. The Hall–Kier alpha value is -2.56. The summed E-state index contributed by atoms with van der Waals surface area (Å²) >= 11 is 2.66. The van der Waals surface area contributed by atoms with E-state index in [4.69, 9.17) is 14.2 Å². The fourth-order valence-electron chi connectivity index (χ4n) is 3.04. The number of nitrogens with one attached hydrogen (secondary N) is 1. The number of aromatic nitrogens is 3. The number of aryl methyl sites for hydroxylation is 1. The highest BCUT2D eigenvalue weighted by Crippen LogP contribution is 2.36. The number of benzene rings is 1. The topological polar surface area (TPSA) is 95.5 Å². The van der Waals surface area contributed by atoms with Crippen molar-refractivity contribution in [1.29, 1.82) is 0 Å². The molecule has 152 valence electrons. The Morgan fingerprint density at radius 1 is 1.21 bits per heavy atom. The molecule has 3 heterocycles. The van der Waals surface area contributed by atoms with E-state index in [1.165, 1.54) is 22.7 Å². The summed E-state index contributed by atoms with van der Waals surface area (Å²) in [6, 6.07) is 5.55. The molecule has 4 rings (SSSR count). The van der Waals surface area contributed by atoms with Gasteiger partial charge in [0, 0.05) is 12.2 Å². The molecular weight excluding hydrogens is 412 g/mol. The van der Waals surface area contributed by atoms with E-state index < -0.39 is 0 Å². The van der Waals surface area contributed by atoms with E-state index in [-0.39, 0.29) is 12.0 Å². The number of rotatable bonds is 6. The SMILES string of the molecule is COc1ccc(-c2nc(C)c(C(=O)Nc3nnc([C@H]4CCCO4)s3)s2)cc1OC. The van der Waals surface area contributed by atoms with Gasteiger partial charge in [-0.25, -0.2) is 4.98 Å². The van der Waals surface area contributed by atoms with Gasteiger partial charge in [-0.1, -0.05) is 11.3 Å². The first kappa shape index (κ1) is 19.7. The van der Waals surface area contributed by atoms with Crippen LogP contribution in [-0.2, 0) is 4.74 Å². The van der Waals surface area contributed by atoms with Crippen LogP contribution in [0.4, 0.5) is 5.13 Å². The van der Waals surface area contributed by atoms with E-state index in [9.17, 15) is 4.79 Å². The Kier molecular flexibility index (Phi) is 5.74. The van der Waals surface area contributed by atoms with E-state index in [1.54, 1.807) is 14.2 Å². The van der Waals surface area contributed by atoms with Crippen LogP contribution in [0.3, 0.4) is 0 Å². The van der Waals surface area contributed by atoms with Crippen molar-refractivity contribution in [3.63, 3.8) is 0 Å². The lowest BCUT2D eigenvalue weighted by Crippen LogP contribution is -2.11. The Morgan fingerprint density at radius 2 is 2.03 bits per heavy atom. The highest BCUT2D eigenvalue weighted by Gasteiger charge is 2.23. The van der Waals surface area contributed by atoms with Gasteiger partial charge in [-0.05, 0) is 38.0 Å². The number of anilines is 1. The van der Waals surface area contributed by atoms with Crippen LogP contribution in [0.1, 0.15) is 39.3 Å². The van der Waals surface area contributed by atoms with Crippen molar-refractivity contribution in [3.8, 4) is 22.1 Å². The third-order valence-corrected chi connectivity index (χ3v) is 6.64. The molecule has 0 saturated carbocycles. The van der Waals surface area contributed by atoms with E-state index >= 15 is 0 Å². The van der Waals surface area contributed by atoms with Gasteiger partial charge in [0.2, 0.25) is 5.13 Å². The van der Waals surface area contributed by atoms with Crippen LogP contribution in [0.15, 0.2) is 18.2 Å². The minimum atomic E-state index is -0.248. The van der Waals surface area contributed by atoms with Crippen LogP contribution >= 0.6 is 22.7 Å². The molecule has 1 amide bonds. The molecule has 1 aromatic carbocycles. The Morgan fingerprint density at radius 3 is 2.76 bits per heavy atom. The number of methoxy groups -OCH3 is 2. The normalized spacial score (nSPS) is 16.0.